The van der Waals surface area contributed by atoms with Crippen LogP contribution in [-0.2, 0) is 0 Å². The third-order valence-corrected chi connectivity index (χ3v) is 3.39. The van der Waals surface area contributed by atoms with E-state index in [1.807, 2.05) is 6.07 Å². The Hall–Kier alpha value is -1.71. The second-order valence-electron chi connectivity index (χ2n) is 5.18. The van der Waals surface area contributed by atoms with Crippen molar-refractivity contribution in [2.75, 3.05) is 25.0 Å². The summed E-state index contributed by atoms with van der Waals surface area (Å²) < 4.78 is 0. The number of nitrogens with two attached hydrogens (primary N) is 1. The molecule has 0 aromatic heterocycles. The predicted octanol–water partition coefficient (Wildman–Crippen LogP) is 2.61. The van der Waals surface area contributed by atoms with Crippen LogP contribution in [0.15, 0.2) is 35.3 Å². The molecule has 0 radical (unpaired) electrons. The number of hydrogen-bond acceptors (Lipinski definition) is 2. The Morgan fingerprint density at radius 2 is 2.00 bits per heavy atom. The summed E-state index contributed by atoms with van der Waals surface area (Å²) >= 11 is 0. The van der Waals surface area contributed by atoms with Crippen LogP contribution in [-0.4, -0.2) is 32.1 Å². The first-order chi connectivity index (χ1) is 9.63. The molecule has 4 nitrogen and oxygen atoms in total. The molecular weight excluding hydrogens is 248 g/mol. The van der Waals surface area contributed by atoms with Gasteiger partial charge in [0.15, 0.2) is 5.96 Å². The molecule has 0 heterocycles. The molecule has 0 spiro atoms. The Morgan fingerprint density at radius 3 is 2.65 bits per heavy atom. The predicted molar refractivity (Wildman–Crippen MR) is 88.3 cm³/mol. The number of hydrogen-bond donors (Lipinski definition) is 2. The minimum absolute atomic E-state index is 0.392. The molecule has 1 atom stereocenters. The molecule has 20 heavy (non-hydrogen) atoms. The largest absolute Gasteiger partial charge is 0.375 e. The Morgan fingerprint density at radius 1 is 1.30 bits per heavy atom. The van der Waals surface area contributed by atoms with Gasteiger partial charge in [0.05, 0.1) is 0 Å². The van der Waals surface area contributed by atoms with Crippen molar-refractivity contribution in [3.63, 3.8) is 0 Å². The first-order valence-electron chi connectivity index (χ1n) is 7.46. The van der Waals surface area contributed by atoms with Crippen molar-refractivity contribution in [1.29, 1.82) is 0 Å². The average Bonchev–Trinajstić information content (AvgIpc) is 2.47. The molecule has 1 unspecified atom stereocenters. The molecule has 0 amide bonds. The third-order valence-electron chi connectivity index (χ3n) is 3.39. The Kier molecular flexibility index (Phi) is 7.55. The number of aliphatic imine (C=N–C) groups is 1. The summed E-state index contributed by atoms with van der Waals surface area (Å²) in [6.45, 7) is 6.07. The van der Waals surface area contributed by atoms with E-state index >= 15 is 0 Å². The van der Waals surface area contributed by atoms with Gasteiger partial charge in [-0.05, 0) is 38.3 Å². The van der Waals surface area contributed by atoms with Crippen molar-refractivity contribution < 1.29 is 0 Å². The second-order valence-corrected chi connectivity index (χ2v) is 5.18. The van der Waals surface area contributed by atoms with Crippen LogP contribution in [0.3, 0.4) is 0 Å². The molecule has 0 aliphatic carbocycles. The molecule has 1 aromatic rings. The minimum atomic E-state index is 0.392. The van der Waals surface area contributed by atoms with Gasteiger partial charge < -0.3 is 16.0 Å². The van der Waals surface area contributed by atoms with Gasteiger partial charge in [0.25, 0.3) is 0 Å². The van der Waals surface area contributed by atoms with E-state index in [1.54, 1.807) is 0 Å². The summed E-state index contributed by atoms with van der Waals surface area (Å²) in [5.41, 5.74) is 7.07. The average molecular weight is 276 g/mol. The Balaban J connectivity index is 2.17. The van der Waals surface area contributed by atoms with E-state index < -0.39 is 0 Å². The summed E-state index contributed by atoms with van der Waals surface area (Å²) in [6, 6.07) is 10.8. The lowest BCUT2D eigenvalue weighted by Gasteiger charge is -2.18. The van der Waals surface area contributed by atoms with Gasteiger partial charge in [0.2, 0.25) is 0 Å². The SMILES string of the molecule is CCC(C)NC(N)=NCCCCN(C)c1ccccc1. The third kappa shape index (κ3) is 6.45. The van der Waals surface area contributed by atoms with Gasteiger partial charge in [-0.3, -0.25) is 4.99 Å². The zero-order chi connectivity index (χ0) is 14.8. The first-order valence-corrected chi connectivity index (χ1v) is 7.46. The van der Waals surface area contributed by atoms with E-state index in [4.69, 9.17) is 5.73 Å². The fourth-order valence-electron chi connectivity index (χ4n) is 1.87. The highest BCUT2D eigenvalue weighted by atomic mass is 15.1. The van der Waals surface area contributed by atoms with Gasteiger partial charge in [-0.1, -0.05) is 25.1 Å². The summed E-state index contributed by atoms with van der Waals surface area (Å²) in [7, 11) is 2.12. The fraction of sp³-hybridized carbons (Fsp3) is 0.562. The van der Waals surface area contributed by atoms with Gasteiger partial charge in [0.1, 0.15) is 0 Å². The molecular formula is C16H28N4. The Labute approximate surface area is 123 Å². The fourth-order valence-corrected chi connectivity index (χ4v) is 1.87. The van der Waals surface area contributed by atoms with Gasteiger partial charge in [-0.15, -0.1) is 0 Å². The van der Waals surface area contributed by atoms with Crippen molar-refractivity contribution in [1.82, 2.24) is 5.32 Å². The van der Waals surface area contributed by atoms with E-state index in [2.05, 4.69) is 60.4 Å². The molecule has 1 aromatic carbocycles. The van der Waals surface area contributed by atoms with Gasteiger partial charge in [-0.2, -0.15) is 0 Å². The summed E-state index contributed by atoms with van der Waals surface area (Å²) in [6.07, 6.45) is 3.23. The van der Waals surface area contributed by atoms with Crippen LogP contribution in [0, 0.1) is 0 Å². The van der Waals surface area contributed by atoms with Crippen LogP contribution >= 0.6 is 0 Å². The van der Waals surface area contributed by atoms with Crippen LogP contribution in [0.2, 0.25) is 0 Å². The van der Waals surface area contributed by atoms with E-state index in [-0.39, 0.29) is 0 Å². The zero-order valence-corrected chi connectivity index (χ0v) is 13.0. The molecule has 4 heteroatoms. The topological polar surface area (TPSA) is 53.6 Å². The molecule has 1 rings (SSSR count). The van der Waals surface area contributed by atoms with E-state index in [1.165, 1.54) is 5.69 Å². The number of anilines is 1. The summed E-state index contributed by atoms with van der Waals surface area (Å²) in [5, 5.41) is 3.17. The number of rotatable bonds is 8. The maximum Gasteiger partial charge on any atom is 0.188 e. The monoisotopic (exact) mass is 276 g/mol. The number of benzene rings is 1. The minimum Gasteiger partial charge on any atom is -0.375 e. The lowest BCUT2D eigenvalue weighted by Crippen LogP contribution is -2.38. The Bertz CT molecular complexity index is 389. The lowest BCUT2D eigenvalue weighted by molar-refractivity contribution is 0.634. The second kappa shape index (κ2) is 9.23. The van der Waals surface area contributed by atoms with Crippen LogP contribution in [0.4, 0.5) is 5.69 Å². The maximum absolute atomic E-state index is 5.81. The highest BCUT2D eigenvalue weighted by molar-refractivity contribution is 5.78. The van der Waals surface area contributed by atoms with Crippen LogP contribution in [0.25, 0.3) is 0 Å². The number of para-hydroxylation sites is 1. The van der Waals surface area contributed by atoms with Crippen LogP contribution in [0.1, 0.15) is 33.1 Å². The van der Waals surface area contributed by atoms with Gasteiger partial charge >= 0.3 is 0 Å². The number of guanidine groups is 1. The molecule has 0 bridgehead atoms. The van der Waals surface area contributed by atoms with Crippen molar-refractivity contribution in [3.05, 3.63) is 30.3 Å². The first kappa shape index (κ1) is 16.3. The summed E-state index contributed by atoms with van der Waals surface area (Å²) in [4.78, 5) is 6.61. The van der Waals surface area contributed by atoms with E-state index in [9.17, 15) is 0 Å². The van der Waals surface area contributed by atoms with Crippen molar-refractivity contribution in [2.45, 2.75) is 39.2 Å². The van der Waals surface area contributed by atoms with E-state index in [0.717, 1.165) is 32.4 Å². The molecule has 0 aliphatic rings. The smallest absolute Gasteiger partial charge is 0.188 e. The summed E-state index contributed by atoms with van der Waals surface area (Å²) in [5.74, 6) is 0.566. The molecule has 112 valence electrons. The van der Waals surface area contributed by atoms with Crippen LogP contribution in [0.5, 0.6) is 0 Å². The molecule has 0 saturated carbocycles. The highest BCUT2D eigenvalue weighted by Gasteiger charge is 2.00. The standard InChI is InChI=1S/C16H28N4/c1-4-14(2)19-16(17)18-12-8-9-13-20(3)15-10-6-5-7-11-15/h5-7,10-11,14H,4,8-9,12-13H2,1-3H3,(H3,17,18,19). The van der Waals surface area contributed by atoms with Gasteiger partial charge in [-0.25, -0.2) is 0 Å². The van der Waals surface area contributed by atoms with Gasteiger partial charge in [0, 0.05) is 31.9 Å². The molecule has 0 saturated heterocycles. The van der Waals surface area contributed by atoms with Crippen molar-refractivity contribution >= 4 is 11.6 Å². The quantitative estimate of drug-likeness (QED) is 0.436. The number of unbranched alkanes of at least 4 members (excludes halogenated alkanes) is 1. The van der Waals surface area contributed by atoms with E-state index in [0.29, 0.717) is 12.0 Å². The zero-order valence-electron chi connectivity index (χ0n) is 13.0. The lowest BCUT2D eigenvalue weighted by atomic mass is 10.2. The van der Waals surface area contributed by atoms with Crippen LogP contribution < -0.4 is 16.0 Å². The normalized spacial score (nSPS) is 13.1. The molecule has 0 aliphatic heterocycles. The number of nitrogens with one attached hydrogen (secondary N) is 1. The number of nitrogens with zero attached hydrogens (tertiary/aromatic N) is 2. The maximum atomic E-state index is 5.81. The molecule has 0 fully saturated rings. The highest BCUT2D eigenvalue weighted by Crippen LogP contribution is 2.11. The van der Waals surface area contributed by atoms with Crippen molar-refractivity contribution in [3.8, 4) is 0 Å². The molecule has 3 N–H and O–H groups in total. The van der Waals surface area contributed by atoms with Crippen molar-refractivity contribution in [2.24, 2.45) is 10.7 Å².